The van der Waals surface area contributed by atoms with Crippen LogP contribution >= 0.6 is 0 Å². The van der Waals surface area contributed by atoms with Gasteiger partial charge in [-0.3, -0.25) is 0 Å². The SMILES string of the molecule is CCc1nnc(Oc2ccc(-n3cncn3)cc2)nc1CC. The van der Waals surface area contributed by atoms with Crippen molar-refractivity contribution >= 4 is 0 Å². The zero-order valence-electron chi connectivity index (χ0n) is 12.5. The van der Waals surface area contributed by atoms with Crippen molar-refractivity contribution in [2.24, 2.45) is 0 Å². The van der Waals surface area contributed by atoms with E-state index in [0.29, 0.717) is 5.75 Å². The summed E-state index contributed by atoms with van der Waals surface area (Å²) >= 11 is 0. The second-order valence-corrected chi connectivity index (χ2v) is 4.63. The summed E-state index contributed by atoms with van der Waals surface area (Å²) in [6.07, 6.45) is 4.75. The number of rotatable bonds is 5. The fraction of sp³-hybridized carbons (Fsp3) is 0.267. The second-order valence-electron chi connectivity index (χ2n) is 4.63. The van der Waals surface area contributed by atoms with Crippen LogP contribution in [0, 0.1) is 0 Å². The molecule has 0 atom stereocenters. The van der Waals surface area contributed by atoms with E-state index in [4.69, 9.17) is 4.74 Å². The molecular weight excluding hydrogens is 280 g/mol. The molecule has 7 heteroatoms. The minimum absolute atomic E-state index is 0.266. The first-order valence-electron chi connectivity index (χ1n) is 7.15. The van der Waals surface area contributed by atoms with Crippen molar-refractivity contribution in [3.05, 3.63) is 48.3 Å². The molecule has 7 nitrogen and oxygen atoms in total. The highest BCUT2D eigenvalue weighted by Crippen LogP contribution is 2.20. The van der Waals surface area contributed by atoms with Crippen LogP contribution in [0.15, 0.2) is 36.9 Å². The van der Waals surface area contributed by atoms with Gasteiger partial charge in [0.15, 0.2) is 0 Å². The molecule has 0 saturated heterocycles. The maximum Gasteiger partial charge on any atom is 0.341 e. The van der Waals surface area contributed by atoms with Crippen LogP contribution in [0.2, 0.25) is 0 Å². The number of hydrogen-bond donors (Lipinski definition) is 0. The Balaban J connectivity index is 1.78. The summed E-state index contributed by atoms with van der Waals surface area (Å²) in [5.74, 6) is 0.650. The van der Waals surface area contributed by atoms with Gasteiger partial charge in [0, 0.05) is 0 Å². The summed E-state index contributed by atoms with van der Waals surface area (Å²) in [7, 11) is 0. The highest BCUT2D eigenvalue weighted by Gasteiger charge is 2.08. The van der Waals surface area contributed by atoms with Gasteiger partial charge in [-0.1, -0.05) is 18.9 Å². The smallest absolute Gasteiger partial charge is 0.341 e. The van der Waals surface area contributed by atoms with Crippen molar-refractivity contribution in [1.82, 2.24) is 29.9 Å². The van der Waals surface area contributed by atoms with E-state index in [0.717, 1.165) is 29.9 Å². The molecule has 0 aliphatic rings. The lowest BCUT2D eigenvalue weighted by Gasteiger charge is -2.07. The molecule has 2 heterocycles. The topological polar surface area (TPSA) is 78.6 Å². The van der Waals surface area contributed by atoms with Crippen LogP contribution in [0.1, 0.15) is 25.2 Å². The minimum Gasteiger partial charge on any atom is -0.423 e. The van der Waals surface area contributed by atoms with Crippen LogP contribution in [0.4, 0.5) is 0 Å². The Morgan fingerprint density at radius 3 is 2.41 bits per heavy atom. The van der Waals surface area contributed by atoms with E-state index < -0.39 is 0 Å². The molecule has 0 spiro atoms. The molecule has 0 unspecified atom stereocenters. The average Bonchev–Trinajstić information content (AvgIpc) is 3.10. The molecule has 22 heavy (non-hydrogen) atoms. The lowest BCUT2D eigenvalue weighted by Crippen LogP contribution is -2.04. The van der Waals surface area contributed by atoms with Crippen molar-refractivity contribution in [2.75, 3.05) is 0 Å². The molecule has 112 valence electrons. The first-order chi connectivity index (χ1) is 10.8. The molecule has 0 fully saturated rings. The number of aromatic nitrogens is 6. The molecule has 2 aromatic heterocycles. The lowest BCUT2D eigenvalue weighted by atomic mass is 10.2. The lowest BCUT2D eigenvalue weighted by molar-refractivity contribution is 0.428. The van der Waals surface area contributed by atoms with Gasteiger partial charge in [0.2, 0.25) is 0 Å². The van der Waals surface area contributed by atoms with Crippen LogP contribution in [-0.2, 0) is 12.8 Å². The Morgan fingerprint density at radius 1 is 1.00 bits per heavy atom. The van der Waals surface area contributed by atoms with E-state index >= 15 is 0 Å². The molecule has 1 aromatic carbocycles. The summed E-state index contributed by atoms with van der Waals surface area (Å²) in [4.78, 5) is 8.32. The third-order valence-corrected chi connectivity index (χ3v) is 3.22. The van der Waals surface area contributed by atoms with Crippen molar-refractivity contribution in [2.45, 2.75) is 26.7 Å². The van der Waals surface area contributed by atoms with E-state index in [1.54, 1.807) is 11.0 Å². The van der Waals surface area contributed by atoms with Crippen LogP contribution in [-0.4, -0.2) is 29.9 Å². The Hall–Kier alpha value is -2.83. The van der Waals surface area contributed by atoms with Crippen molar-refractivity contribution in [1.29, 1.82) is 0 Å². The molecule has 0 amide bonds. The van der Waals surface area contributed by atoms with Gasteiger partial charge in [0.25, 0.3) is 0 Å². The Morgan fingerprint density at radius 2 is 1.77 bits per heavy atom. The predicted octanol–water partition coefficient (Wildman–Crippen LogP) is 2.37. The molecule has 0 aliphatic carbocycles. The van der Waals surface area contributed by atoms with Crippen molar-refractivity contribution in [3.63, 3.8) is 0 Å². The van der Waals surface area contributed by atoms with Gasteiger partial charge in [-0.2, -0.15) is 10.1 Å². The Kier molecular flexibility index (Phi) is 4.04. The molecule has 0 saturated carbocycles. The summed E-state index contributed by atoms with van der Waals surface area (Å²) in [6, 6.07) is 7.71. The average molecular weight is 296 g/mol. The normalized spacial score (nSPS) is 10.6. The zero-order chi connectivity index (χ0) is 15.4. The second kappa shape index (κ2) is 6.30. The number of ether oxygens (including phenoxy) is 1. The van der Waals surface area contributed by atoms with E-state index in [2.05, 4.69) is 25.3 Å². The van der Waals surface area contributed by atoms with Gasteiger partial charge in [0.05, 0.1) is 17.1 Å². The first kappa shape index (κ1) is 14.1. The molecule has 3 rings (SSSR count). The molecule has 3 aromatic rings. The van der Waals surface area contributed by atoms with Crippen LogP contribution < -0.4 is 4.74 Å². The van der Waals surface area contributed by atoms with Gasteiger partial charge in [-0.15, -0.1) is 5.10 Å². The third-order valence-electron chi connectivity index (χ3n) is 3.22. The first-order valence-corrected chi connectivity index (χ1v) is 7.15. The zero-order valence-corrected chi connectivity index (χ0v) is 12.5. The number of nitrogens with zero attached hydrogens (tertiary/aromatic N) is 6. The van der Waals surface area contributed by atoms with E-state index in [9.17, 15) is 0 Å². The van der Waals surface area contributed by atoms with Gasteiger partial charge in [-0.05, 0) is 37.1 Å². The predicted molar refractivity (Wildman–Crippen MR) is 80.0 cm³/mol. The highest BCUT2D eigenvalue weighted by molar-refractivity contribution is 5.37. The summed E-state index contributed by atoms with van der Waals surface area (Å²) in [5, 5.41) is 12.2. The summed E-state index contributed by atoms with van der Waals surface area (Å²) in [5.41, 5.74) is 2.74. The van der Waals surface area contributed by atoms with Gasteiger partial charge < -0.3 is 4.74 Å². The summed E-state index contributed by atoms with van der Waals surface area (Å²) in [6.45, 7) is 4.08. The van der Waals surface area contributed by atoms with E-state index in [-0.39, 0.29) is 6.01 Å². The fourth-order valence-corrected chi connectivity index (χ4v) is 2.08. The standard InChI is InChI=1S/C15H16N6O/c1-3-13-14(4-2)19-20-15(18-13)22-12-7-5-11(6-8-12)21-10-16-9-17-21/h5-10H,3-4H2,1-2H3. The van der Waals surface area contributed by atoms with E-state index in [1.807, 2.05) is 38.1 Å². The number of benzene rings is 1. The molecule has 0 N–H and O–H groups in total. The van der Waals surface area contributed by atoms with Crippen molar-refractivity contribution < 1.29 is 4.74 Å². The molecule has 0 radical (unpaired) electrons. The molecule has 0 bridgehead atoms. The highest BCUT2D eigenvalue weighted by atomic mass is 16.5. The fourth-order valence-electron chi connectivity index (χ4n) is 2.08. The summed E-state index contributed by atoms with van der Waals surface area (Å²) < 4.78 is 7.34. The quantitative estimate of drug-likeness (QED) is 0.719. The van der Waals surface area contributed by atoms with E-state index in [1.165, 1.54) is 6.33 Å². The maximum atomic E-state index is 5.66. The van der Waals surface area contributed by atoms with Gasteiger partial charge in [-0.25, -0.2) is 9.67 Å². The molecule has 0 aliphatic heterocycles. The largest absolute Gasteiger partial charge is 0.423 e. The number of aryl methyl sites for hydroxylation is 2. The van der Waals surface area contributed by atoms with Crippen LogP contribution in [0.5, 0.6) is 11.8 Å². The maximum absolute atomic E-state index is 5.66. The minimum atomic E-state index is 0.266. The monoisotopic (exact) mass is 296 g/mol. The van der Waals surface area contributed by atoms with Gasteiger partial charge >= 0.3 is 6.01 Å². The van der Waals surface area contributed by atoms with Crippen LogP contribution in [0.25, 0.3) is 5.69 Å². The Labute approximate surface area is 128 Å². The van der Waals surface area contributed by atoms with Gasteiger partial charge in [0.1, 0.15) is 18.4 Å². The molecular formula is C15H16N6O. The number of hydrogen-bond acceptors (Lipinski definition) is 6. The van der Waals surface area contributed by atoms with Crippen molar-refractivity contribution in [3.8, 4) is 17.4 Å². The van der Waals surface area contributed by atoms with Crippen LogP contribution in [0.3, 0.4) is 0 Å². The third kappa shape index (κ3) is 2.93. The Bertz CT molecular complexity index is 739.